The number of rotatable bonds is 3. The molecule has 0 aliphatic heterocycles. The molecule has 0 fully saturated rings. The van der Waals surface area contributed by atoms with Gasteiger partial charge in [0.05, 0.1) is 17.8 Å². The molecule has 6 heteroatoms. The Morgan fingerprint density at radius 2 is 2.21 bits per heavy atom. The Kier molecular flexibility index (Phi) is 3.69. The van der Waals surface area contributed by atoms with Crippen molar-refractivity contribution < 1.29 is 4.79 Å². The van der Waals surface area contributed by atoms with Gasteiger partial charge in [0.15, 0.2) is 5.69 Å². The molecular weight excluding hydrogens is 242 g/mol. The van der Waals surface area contributed by atoms with Gasteiger partial charge in [0.2, 0.25) is 0 Å². The zero-order valence-corrected chi connectivity index (χ0v) is 10.2. The van der Waals surface area contributed by atoms with E-state index in [2.05, 4.69) is 20.7 Å². The number of carbonyl (C=O) groups excluding carboxylic acids is 1. The molecule has 1 aromatic carbocycles. The van der Waals surface area contributed by atoms with Crippen LogP contribution in [0.1, 0.15) is 27.3 Å². The number of nitrogens with one attached hydrogen (secondary N) is 2. The molecule has 0 unspecified atom stereocenters. The van der Waals surface area contributed by atoms with Crippen LogP contribution in [0.5, 0.6) is 0 Å². The van der Waals surface area contributed by atoms with Crippen LogP contribution in [0, 0.1) is 18.3 Å². The predicted molar refractivity (Wildman–Crippen MR) is 69.5 cm³/mol. The van der Waals surface area contributed by atoms with Gasteiger partial charge in [-0.2, -0.15) is 15.5 Å². The van der Waals surface area contributed by atoms with Crippen molar-refractivity contribution in [3.63, 3.8) is 0 Å². The van der Waals surface area contributed by atoms with Crippen LogP contribution in [0.15, 0.2) is 35.4 Å². The Morgan fingerprint density at radius 1 is 1.47 bits per heavy atom. The summed E-state index contributed by atoms with van der Waals surface area (Å²) in [6.07, 6.45) is 1.50. The van der Waals surface area contributed by atoms with Gasteiger partial charge >= 0.3 is 0 Å². The van der Waals surface area contributed by atoms with Crippen molar-refractivity contribution in [3.05, 3.63) is 52.8 Å². The number of nitriles is 1. The highest BCUT2D eigenvalue weighted by Gasteiger charge is 2.07. The minimum atomic E-state index is -0.380. The minimum Gasteiger partial charge on any atom is -0.282 e. The molecule has 1 aromatic heterocycles. The van der Waals surface area contributed by atoms with Crippen molar-refractivity contribution in [3.8, 4) is 6.07 Å². The monoisotopic (exact) mass is 253 g/mol. The van der Waals surface area contributed by atoms with Gasteiger partial charge in [-0.25, -0.2) is 5.43 Å². The Morgan fingerprint density at radius 3 is 2.79 bits per heavy atom. The maximum atomic E-state index is 11.6. The number of aromatic amines is 1. The first-order valence-electron chi connectivity index (χ1n) is 5.54. The van der Waals surface area contributed by atoms with Gasteiger partial charge in [0.1, 0.15) is 0 Å². The zero-order chi connectivity index (χ0) is 13.7. The topological polar surface area (TPSA) is 93.9 Å². The van der Waals surface area contributed by atoms with Gasteiger partial charge in [0.25, 0.3) is 5.91 Å². The fourth-order valence-corrected chi connectivity index (χ4v) is 1.40. The van der Waals surface area contributed by atoms with Crippen LogP contribution < -0.4 is 5.43 Å². The lowest BCUT2D eigenvalue weighted by Crippen LogP contribution is -2.17. The molecule has 0 spiro atoms. The number of aryl methyl sites for hydroxylation is 1. The van der Waals surface area contributed by atoms with E-state index in [-0.39, 0.29) is 11.6 Å². The van der Waals surface area contributed by atoms with Crippen LogP contribution in [0.4, 0.5) is 0 Å². The van der Waals surface area contributed by atoms with Crippen molar-refractivity contribution in [1.82, 2.24) is 15.6 Å². The second-order valence-electron chi connectivity index (χ2n) is 3.87. The van der Waals surface area contributed by atoms with E-state index < -0.39 is 0 Å². The van der Waals surface area contributed by atoms with E-state index in [1.165, 1.54) is 6.21 Å². The molecule has 2 N–H and O–H groups in total. The smallest absolute Gasteiger partial charge is 0.282 e. The Bertz CT molecular complexity index is 648. The summed E-state index contributed by atoms with van der Waals surface area (Å²) in [4.78, 5) is 11.6. The van der Waals surface area contributed by atoms with Gasteiger partial charge in [-0.1, -0.05) is 12.1 Å². The summed E-state index contributed by atoms with van der Waals surface area (Å²) in [5.41, 5.74) is 4.83. The fourth-order valence-electron chi connectivity index (χ4n) is 1.40. The molecule has 0 saturated carbocycles. The lowest BCUT2D eigenvalue weighted by atomic mass is 10.2. The SMILES string of the molecule is Cc1cc(C(=O)N/N=C/c2ccc(C#N)cc2)n[nH]1. The van der Waals surface area contributed by atoms with Crippen LogP contribution in [-0.4, -0.2) is 22.3 Å². The summed E-state index contributed by atoms with van der Waals surface area (Å²) in [5.74, 6) is -0.380. The first-order valence-corrected chi connectivity index (χ1v) is 5.54. The molecule has 1 heterocycles. The lowest BCUT2D eigenvalue weighted by Gasteiger charge is -1.95. The quantitative estimate of drug-likeness (QED) is 0.638. The fraction of sp³-hybridized carbons (Fsp3) is 0.0769. The van der Waals surface area contributed by atoms with E-state index in [0.717, 1.165) is 11.3 Å². The summed E-state index contributed by atoms with van der Waals surface area (Å²) >= 11 is 0. The summed E-state index contributed by atoms with van der Waals surface area (Å²) < 4.78 is 0. The highest BCUT2D eigenvalue weighted by atomic mass is 16.2. The molecule has 2 aromatic rings. The highest BCUT2D eigenvalue weighted by molar-refractivity contribution is 5.93. The average Bonchev–Trinajstić information content (AvgIpc) is 2.86. The summed E-state index contributed by atoms with van der Waals surface area (Å²) in [7, 11) is 0. The Labute approximate surface area is 109 Å². The molecule has 6 nitrogen and oxygen atoms in total. The number of aromatic nitrogens is 2. The molecule has 1 amide bonds. The van der Waals surface area contributed by atoms with Crippen molar-refractivity contribution >= 4 is 12.1 Å². The van der Waals surface area contributed by atoms with Crippen molar-refractivity contribution in [2.24, 2.45) is 5.10 Å². The highest BCUT2D eigenvalue weighted by Crippen LogP contribution is 2.01. The van der Waals surface area contributed by atoms with Gasteiger partial charge in [-0.15, -0.1) is 0 Å². The maximum absolute atomic E-state index is 11.6. The first kappa shape index (κ1) is 12.5. The summed E-state index contributed by atoms with van der Waals surface area (Å²) in [6, 6.07) is 10.5. The molecule has 0 radical (unpaired) electrons. The third-order valence-electron chi connectivity index (χ3n) is 2.36. The molecule has 0 aliphatic rings. The molecular formula is C13H11N5O. The number of amides is 1. The van der Waals surface area contributed by atoms with Gasteiger partial charge in [0, 0.05) is 5.69 Å². The number of hydrogen-bond acceptors (Lipinski definition) is 4. The molecule has 0 aliphatic carbocycles. The molecule has 0 bridgehead atoms. The van der Waals surface area contributed by atoms with Crippen LogP contribution in [0.2, 0.25) is 0 Å². The number of nitrogens with zero attached hydrogens (tertiary/aromatic N) is 3. The van der Waals surface area contributed by atoms with Crippen LogP contribution in [-0.2, 0) is 0 Å². The molecule has 19 heavy (non-hydrogen) atoms. The van der Waals surface area contributed by atoms with Crippen molar-refractivity contribution in [2.75, 3.05) is 0 Å². The van der Waals surface area contributed by atoms with E-state index in [0.29, 0.717) is 5.56 Å². The van der Waals surface area contributed by atoms with Crippen LogP contribution in [0.3, 0.4) is 0 Å². The first-order chi connectivity index (χ1) is 9.19. The number of hydrogen-bond donors (Lipinski definition) is 2. The van der Waals surface area contributed by atoms with Gasteiger partial charge < -0.3 is 0 Å². The van der Waals surface area contributed by atoms with Crippen molar-refractivity contribution in [1.29, 1.82) is 5.26 Å². The van der Waals surface area contributed by atoms with Crippen molar-refractivity contribution in [2.45, 2.75) is 6.92 Å². The number of H-pyrrole nitrogens is 1. The second kappa shape index (κ2) is 5.60. The van der Waals surface area contributed by atoms with Crippen LogP contribution >= 0.6 is 0 Å². The van der Waals surface area contributed by atoms with E-state index in [1.54, 1.807) is 30.3 Å². The zero-order valence-electron chi connectivity index (χ0n) is 10.2. The standard InChI is InChI=1S/C13H11N5O/c1-9-6-12(17-16-9)13(19)18-15-8-11-4-2-10(7-14)3-5-11/h2-6,8H,1H3,(H,16,17)(H,18,19)/b15-8+. The normalized spacial score (nSPS) is 10.3. The summed E-state index contributed by atoms with van der Waals surface area (Å²) in [5, 5.41) is 19.0. The van der Waals surface area contributed by atoms with E-state index >= 15 is 0 Å². The van der Waals surface area contributed by atoms with Crippen LogP contribution in [0.25, 0.3) is 0 Å². The maximum Gasteiger partial charge on any atom is 0.291 e. The predicted octanol–water partition coefficient (Wildman–Crippen LogP) is 1.35. The molecule has 94 valence electrons. The van der Waals surface area contributed by atoms with Gasteiger partial charge in [-0.05, 0) is 30.7 Å². The van der Waals surface area contributed by atoms with E-state index in [1.807, 2.05) is 13.0 Å². The van der Waals surface area contributed by atoms with E-state index in [9.17, 15) is 4.79 Å². The minimum absolute atomic E-state index is 0.287. The average molecular weight is 253 g/mol. The summed E-state index contributed by atoms with van der Waals surface area (Å²) in [6.45, 7) is 1.81. The molecule has 0 atom stereocenters. The third-order valence-corrected chi connectivity index (χ3v) is 2.36. The van der Waals surface area contributed by atoms with E-state index in [4.69, 9.17) is 5.26 Å². The number of carbonyl (C=O) groups is 1. The molecule has 0 saturated heterocycles. The number of hydrazone groups is 1. The van der Waals surface area contributed by atoms with Gasteiger partial charge in [-0.3, -0.25) is 9.89 Å². The third kappa shape index (κ3) is 3.26. The number of benzene rings is 1. The molecule has 2 rings (SSSR count). The Balaban J connectivity index is 1.96. The Hall–Kier alpha value is -2.94. The lowest BCUT2D eigenvalue weighted by molar-refractivity contribution is 0.0950. The largest absolute Gasteiger partial charge is 0.291 e. The second-order valence-corrected chi connectivity index (χ2v) is 3.87.